The zero-order chi connectivity index (χ0) is 14.1. The maximum atomic E-state index is 11.4. The van der Waals surface area contributed by atoms with Gasteiger partial charge in [-0.1, -0.05) is 18.2 Å². The molecule has 0 aromatic heterocycles. The first-order valence-electron chi connectivity index (χ1n) is 6.02. The van der Waals surface area contributed by atoms with Crippen LogP contribution in [0.4, 0.5) is 0 Å². The molecule has 0 radical (unpaired) electrons. The summed E-state index contributed by atoms with van der Waals surface area (Å²) in [5.41, 5.74) is 6.13. The fourth-order valence-electron chi connectivity index (χ4n) is 1.56. The minimum absolute atomic E-state index is 0.0536. The Labute approximate surface area is 112 Å². The predicted octanol–water partition coefficient (Wildman–Crippen LogP) is -0.571. The summed E-state index contributed by atoms with van der Waals surface area (Å²) >= 11 is 0. The number of hydrogen-bond acceptors (Lipinski definition) is 4. The Kier molecular flexibility index (Phi) is 6.38. The van der Waals surface area contributed by atoms with Gasteiger partial charge in [-0.2, -0.15) is 0 Å². The van der Waals surface area contributed by atoms with Crippen LogP contribution in [0.25, 0.3) is 0 Å². The van der Waals surface area contributed by atoms with E-state index in [0.29, 0.717) is 13.0 Å². The zero-order valence-electron chi connectivity index (χ0n) is 10.9. The summed E-state index contributed by atoms with van der Waals surface area (Å²) in [6.07, 6.45) is 0.667. The Morgan fingerprint density at radius 1 is 1.21 bits per heavy atom. The van der Waals surface area contributed by atoms with Crippen LogP contribution in [0.3, 0.4) is 0 Å². The average Bonchev–Trinajstić information content (AvgIpc) is 2.45. The maximum absolute atomic E-state index is 11.4. The topological polar surface area (TPSA) is 93.5 Å². The molecule has 0 bridgehead atoms. The van der Waals surface area contributed by atoms with Crippen LogP contribution >= 0.6 is 0 Å². The van der Waals surface area contributed by atoms with Crippen molar-refractivity contribution in [3.63, 3.8) is 0 Å². The van der Waals surface area contributed by atoms with Gasteiger partial charge in [0.2, 0.25) is 11.8 Å². The van der Waals surface area contributed by atoms with Gasteiger partial charge in [-0.15, -0.1) is 0 Å². The Balaban J connectivity index is 2.30. The van der Waals surface area contributed by atoms with Gasteiger partial charge in [0.05, 0.1) is 20.2 Å². The second-order valence-corrected chi connectivity index (χ2v) is 3.89. The molecule has 6 heteroatoms. The molecule has 104 valence electrons. The van der Waals surface area contributed by atoms with Crippen LogP contribution in [0, 0.1) is 0 Å². The Bertz CT molecular complexity index is 435. The van der Waals surface area contributed by atoms with Crippen molar-refractivity contribution in [3.05, 3.63) is 29.8 Å². The lowest BCUT2D eigenvalue weighted by molar-refractivity contribution is -0.125. The van der Waals surface area contributed by atoms with Gasteiger partial charge >= 0.3 is 0 Å². The van der Waals surface area contributed by atoms with Crippen LogP contribution in [0.1, 0.15) is 5.56 Å². The fourth-order valence-corrected chi connectivity index (χ4v) is 1.56. The van der Waals surface area contributed by atoms with E-state index in [-0.39, 0.29) is 24.9 Å². The molecule has 0 saturated heterocycles. The van der Waals surface area contributed by atoms with Crippen LogP contribution in [0.15, 0.2) is 24.3 Å². The van der Waals surface area contributed by atoms with E-state index in [4.69, 9.17) is 10.5 Å². The molecule has 0 heterocycles. The van der Waals surface area contributed by atoms with Gasteiger partial charge in [0, 0.05) is 6.54 Å². The van der Waals surface area contributed by atoms with E-state index in [1.54, 1.807) is 7.11 Å². The number of amides is 2. The highest BCUT2D eigenvalue weighted by Crippen LogP contribution is 2.16. The molecule has 1 rings (SSSR count). The fraction of sp³-hybridized carbons (Fsp3) is 0.385. The number of carbonyl (C=O) groups excluding carboxylic acids is 2. The standard InChI is InChI=1S/C13H19N3O3/c1-19-11-5-3-2-4-10(11)6-7-15-13(18)9-16-12(17)8-14/h2-5H,6-9,14H2,1H3,(H,15,18)(H,16,17). The molecular weight excluding hydrogens is 246 g/mol. The quantitative estimate of drug-likeness (QED) is 0.615. The lowest BCUT2D eigenvalue weighted by Gasteiger charge is -2.09. The third-order valence-corrected chi connectivity index (χ3v) is 2.54. The summed E-state index contributed by atoms with van der Waals surface area (Å²) in [6, 6.07) is 7.63. The molecular formula is C13H19N3O3. The van der Waals surface area contributed by atoms with Crippen LogP contribution < -0.4 is 21.1 Å². The molecule has 1 aromatic rings. The average molecular weight is 265 g/mol. The number of nitrogens with two attached hydrogens (primary N) is 1. The second-order valence-electron chi connectivity index (χ2n) is 3.89. The number of carbonyl (C=O) groups is 2. The second kappa shape index (κ2) is 8.10. The van der Waals surface area contributed by atoms with Gasteiger partial charge in [0.15, 0.2) is 0 Å². The number of para-hydroxylation sites is 1. The summed E-state index contributed by atoms with van der Waals surface area (Å²) in [6.45, 7) is 0.314. The molecule has 0 aliphatic rings. The van der Waals surface area contributed by atoms with Crippen molar-refractivity contribution in [2.24, 2.45) is 5.73 Å². The van der Waals surface area contributed by atoms with Gasteiger partial charge in [-0.05, 0) is 18.1 Å². The smallest absolute Gasteiger partial charge is 0.239 e. The first kappa shape index (κ1) is 15.0. The minimum Gasteiger partial charge on any atom is -0.496 e. The summed E-state index contributed by atoms with van der Waals surface area (Å²) in [5, 5.41) is 5.11. The van der Waals surface area contributed by atoms with Crippen molar-refractivity contribution >= 4 is 11.8 Å². The van der Waals surface area contributed by atoms with Crippen LogP contribution in [0.2, 0.25) is 0 Å². The molecule has 0 atom stereocenters. The maximum Gasteiger partial charge on any atom is 0.239 e. The normalized spacial score (nSPS) is 9.79. The summed E-state index contributed by atoms with van der Waals surface area (Å²) < 4.78 is 5.21. The molecule has 4 N–H and O–H groups in total. The number of methoxy groups -OCH3 is 1. The summed E-state index contributed by atoms with van der Waals surface area (Å²) in [7, 11) is 1.61. The summed E-state index contributed by atoms with van der Waals surface area (Å²) in [5.74, 6) is 0.213. The highest BCUT2D eigenvalue weighted by molar-refractivity contribution is 5.85. The lowest BCUT2D eigenvalue weighted by Crippen LogP contribution is -2.40. The number of ether oxygens (including phenoxy) is 1. The van der Waals surface area contributed by atoms with Gasteiger partial charge < -0.3 is 21.1 Å². The number of benzene rings is 1. The number of rotatable bonds is 7. The van der Waals surface area contributed by atoms with E-state index in [1.807, 2.05) is 24.3 Å². The first-order chi connectivity index (χ1) is 9.17. The third kappa shape index (κ3) is 5.39. The highest BCUT2D eigenvalue weighted by Gasteiger charge is 2.05. The minimum atomic E-state index is -0.347. The van der Waals surface area contributed by atoms with Crippen LogP contribution in [-0.4, -0.2) is 38.6 Å². The molecule has 0 unspecified atom stereocenters. The van der Waals surface area contributed by atoms with E-state index in [9.17, 15) is 9.59 Å². The Hall–Kier alpha value is -2.08. The van der Waals surface area contributed by atoms with Crippen molar-refractivity contribution in [1.29, 1.82) is 0 Å². The van der Waals surface area contributed by atoms with E-state index in [0.717, 1.165) is 11.3 Å². The molecule has 19 heavy (non-hydrogen) atoms. The number of hydrogen-bond donors (Lipinski definition) is 3. The van der Waals surface area contributed by atoms with Gasteiger partial charge in [0.25, 0.3) is 0 Å². The summed E-state index contributed by atoms with van der Waals surface area (Å²) in [4.78, 5) is 22.3. The van der Waals surface area contributed by atoms with Gasteiger partial charge in [-0.3, -0.25) is 9.59 Å². The molecule has 0 saturated carbocycles. The highest BCUT2D eigenvalue weighted by atomic mass is 16.5. The van der Waals surface area contributed by atoms with E-state index in [1.165, 1.54) is 0 Å². The van der Waals surface area contributed by atoms with Crippen molar-refractivity contribution in [2.45, 2.75) is 6.42 Å². The zero-order valence-corrected chi connectivity index (χ0v) is 10.9. The van der Waals surface area contributed by atoms with Crippen molar-refractivity contribution in [3.8, 4) is 5.75 Å². The molecule has 1 aromatic carbocycles. The van der Waals surface area contributed by atoms with Crippen molar-refractivity contribution < 1.29 is 14.3 Å². The van der Waals surface area contributed by atoms with Gasteiger partial charge in [-0.25, -0.2) is 0 Å². The molecule has 2 amide bonds. The molecule has 6 nitrogen and oxygen atoms in total. The van der Waals surface area contributed by atoms with E-state index >= 15 is 0 Å². The van der Waals surface area contributed by atoms with Gasteiger partial charge in [0.1, 0.15) is 5.75 Å². The first-order valence-corrected chi connectivity index (χ1v) is 6.02. The number of nitrogens with one attached hydrogen (secondary N) is 2. The molecule has 0 aliphatic heterocycles. The lowest BCUT2D eigenvalue weighted by atomic mass is 10.1. The largest absolute Gasteiger partial charge is 0.496 e. The van der Waals surface area contributed by atoms with Crippen LogP contribution in [0.5, 0.6) is 5.75 Å². The predicted molar refractivity (Wildman–Crippen MR) is 71.8 cm³/mol. The Morgan fingerprint density at radius 2 is 1.95 bits per heavy atom. The monoisotopic (exact) mass is 265 g/mol. The van der Waals surface area contributed by atoms with E-state index < -0.39 is 0 Å². The third-order valence-electron chi connectivity index (χ3n) is 2.54. The van der Waals surface area contributed by atoms with Crippen LogP contribution in [-0.2, 0) is 16.0 Å². The molecule has 0 spiro atoms. The molecule has 0 aliphatic carbocycles. The van der Waals surface area contributed by atoms with Crippen molar-refractivity contribution in [2.75, 3.05) is 26.7 Å². The molecule has 0 fully saturated rings. The Morgan fingerprint density at radius 3 is 2.63 bits per heavy atom. The van der Waals surface area contributed by atoms with E-state index in [2.05, 4.69) is 10.6 Å². The van der Waals surface area contributed by atoms with Crippen molar-refractivity contribution in [1.82, 2.24) is 10.6 Å². The SMILES string of the molecule is COc1ccccc1CCNC(=O)CNC(=O)CN.